The molecule has 0 fully saturated rings. The molecule has 156 valence electrons. The lowest BCUT2D eigenvalue weighted by Crippen LogP contribution is -2.20. The van der Waals surface area contributed by atoms with Crippen molar-refractivity contribution in [1.82, 2.24) is 0 Å². The number of anilines is 1. The summed E-state index contributed by atoms with van der Waals surface area (Å²) in [5.41, 5.74) is 0.882. The largest absolute Gasteiger partial charge is 0.493 e. The highest BCUT2D eigenvalue weighted by Gasteiger charge is 2.14. The highest BCUT2D eigenvalue weighted by Crippen LogP contribution is 2.29. The Balaban J connectivity index is 2.09. The van der Waals surface area contributed by atoms with Crippen molar-refractivity contribution < 1.29 is 23.8 Å². The number of amides is 1. The first kappa shape index (κ1) is 22.8. The first-order valence-electron chi connectivity index (χ1n) is 9.02. The van der Waals surface area contributed by atoms with E-state index in [1.54, 1.807) is 56.3 Å². The third kappa shape index (κ3) is 6.54. The monoisotopic (exact) mass is 428 g/mol. The Bertz CT molecular complexity index is 995. The fourth-order valence-corrected chi connectivity index (χ4v) is 2.55. The zero-order valence-electron chi connectivity index (χ0n) is 16.8. The smallest absolute Gasteiger partial charge is 0.349 e. The van der Waals surface area contributed by atoms with Gasteiger partial charge in [0, 0.05) is 0 Å². The van der Waals surface area contributed by atoms with Crippen LogP contribution in [0.15, 0.2) is 48.0 Å². The van der Waals surface area contributed by atoms with Gasteiger partial charge in [-0.25, -0.2) is 4.79 Å². The van der Waals surface area contributed by atoms with Gasteiger partial charge in [0.05, 0.1) is 23.9 Å². The first-order valence-corrected chi connectivity index (χ1v) is 9.39. The van der Waals surface area contributed by atoms with Crippen LogP contribution in [0.2, 0.25) is 5.02 Å². The Labute approximate surface area is 179 Å². The molecule has 0 unspecified atom stereocenters. The van der Waals surface area contributed by atoms with Crippen LogP contribution in [0.4, 0.5) is 5.69 Å². The number of rotatable bonds is 8. The standard InChI is InChI=1S/C22H21ClN2O5/c1-14(2)30-22(27)16(12-24)10-15-8-9-19(20(11-15)28-3)29-13-21(26)25-18-7-5-4-6-17(18)23/h4-11,14H,13H2,1-3H3,(H,25,26)/b16-10+. The second-order valence-corrected chi connectivity index (χ2v) is 6.76. The summed E-state index contributed by atoms with van der Waals surface area (Å²) in [6.45, 7) is 3.13. The highest BCUT2D eigenvalue weighted by atomic mass is 35.5. The molecule has 0 aromatic heterocycles. The number of nitriles is 1. The van der Waals surface area contributed by atoms with Crippen LogP contribution in [0.3, 0.4) is 0 Å². The molecule has 30 heavy (non-hydrogen) atoms. The molecule has 2 aromatic carbocycles. The molecule has 2 aromatic rings. The number of esters is 1. The predicted molar refractivity (Wildman–Crippen MR) is 113 cm³/mol. The zero-order valence-corrected chi connectivity index (χ0v) is 17.5. The van der Waals surface area contributed by atoms with Gasteiger partial charge >= 0.3 is 5.97 Å². The van der Waals surface area contributed by atoms with Crippen molar-refractivity contribution in [2.45, 2.75) is 20.0 Å². The number of ether oxygens (including phenoxy) is 3. The molecular weight excluding hydrogens is 408 g/mol. The molecule has 0 atom stereocenters. The van der Waals surface area contributed by atoms with Crippen molar-refractivity contribution in [3.05, 3.63) is 58.6 Å². The minimum absolute atomic E-state index is 0.140. The fraction of sp³-hybridized carbons (Fsp3) is 0.227. The maximum Gasteiger partial charge on any atom is 0.349 e. The highest BCUT2D eigenvalue weighted by molar-refractivity contribution is 6.33. The summed E-state index contributed by atoms with van der Waals surface area (Å²) >= 11 is 6.02. The van der Waals surface area contributed by atoms with E-state index in [9.17, 15) is 14.9 Å². The summed E-state index contributed by atoms with van der Waals surface area (Å²) in [5.74, 6) is -0.434. The van der Waals surface area contributed by atoms with Crippen LogP contribution in [0, 0.1) is 11.3 Å². The molecule has 0 radical (unpaired) electrons. The lowest BCUT2D eigenvalue weighted by atomic mass is 10.1. The number of para-hydroxylation sites is 1. The molecule has 1 amide bonds. The molecule has 1 N–H and O–H groups in total. The van der Waals surface area contributed by atoms with Crippen LogP contribution in [-0.2, 0) is 14.3 Å². The molecular formula is C22H21ClN2O5. The summed E-state index contributed by atoms with van der Waals surface area (Å²) in [4.78, 5) is 24.1. The lowest BCUT2D eigenvalue weighted by Gasteiger charge is -2.12. The average molecular weight is 429 g/mol. The molecule has 0 heterocycles. The zero-order chi connectivity index (χ0) is 22.1. The number of hydrogen-bond acceptors (Lipinski definition) is 6. The number of hydrogen-bond donors (Lipinski definition) is 1. The minimum atomic E-state index is -0.706. The molecule has 0 saturated carbocycles. The molecule has 7 nitrogen and oxygen atoms in total. The van der Waals surface area contributed by atoms with Gasteiger partial charge in [-0.2, -0.15) is 5.26 Å². The molecule has 0 bridgehead atoms. The fourth-order valence-electron chi connectivity index (χ4n) is 2.37. The summed E-state index contributed by atoms with van der Waals surface area (Å²) in [7, 11) is 1.44. The Morgan fingerprint density at radius 1 is 1.20 bits per heavy atom. The predicted octanol–water partition coefficient (Wildman–Crippen LogP) is 4.22. The van der Waals surface area contributed by atoms with E-state index in [0.717, 1.165) is 0 Å². The van der Waals surface area contributed by atoms with E-state index in [4.69, 9.17) is 25.8 Å². The third-order valence-electron chi connectivity index (χ3n) is 3.69. The van der Waals surface area contributed by atoms with Gasteiger partial charge in [0.2, 0.25) is 0 Å². The molecule has 2 rings (SSSR count). The molecule has 0 aliphatic heterocycles. The summed E-state index contributed by atoms with van der Waals surface area (Å²) < 4.78 is 15.9. The van der Waals surface area contributed by atoms with Crippen LogP contribution < -0.4 is 14.8 Å². The maximum absolute atomic E-state index is 12.1. The van der Waals surface area contributed by atoms with Crippen molar-refractivity contribution in [3.8, 4) is 17.6 Å². The Hall–Kier alpha value is -3.50. The summed E-state index contributed by atoms with van der Waals surface area (Å²) in [6, 6.07) is 13.5. The number of carbonyl (C=O) groups excluding carboxylic acids is 2. The average Bonchev–Trinajstić information content (AvgIpc) is 2.71. The molecule has 8 heteroatoms. The molecule has 0 spiro atoms. The normalized spacial score (nSPS) is 10.9. The van der Waals surface area contributed by atoms with Gasteiger partial charge in [-0.3, -0.25) is 4.79 Å². The van der Waals surface area contributed by atoms with E-state index in [1.807, 2.05) is 6.07 Å². The van der Waals surface area contributed by atoms with Crippen molar-refractivity contribution in [2.75, 3.05) is 19.0 Å². The second-order valence-electron chi connectivity index (χ2n) is 6.35. The van der Waals surface area contributed by atoms with Crippen molar-refractivity contribution in [2.24, 2.45) is 0 Å². The number of methoxy groups -OCH3 is 1. The van der Waals surface area contributed by atoms with Crippen molar-refractivity contribution in [3.63, 3.8) is 0 Å². The van der Waals surface area contributed by atoms with Crippen LogP contribution in [0.1, 0.15) is 19.4 Å². The molecule has 0 saturated heterocycles. The van der Waals surface area contributed by atoms with Gasteiger partial charge < -0.3 is 19.5 Å². The summed E-state index contributed by atoms with van der Waals surface area (Å²) in [6.07, 6.45) is 1.05. The molecule has 0 aliphatic carbocycles. The minimum Gasteiger partial charge on any atom is -0.493 e. The van der Waals surface area contributed by atoms with Gasteiger partial charge in [0.1, 0.15) is 11.6 Å². The Morgan fingerprint density at radius 2 is 1.93 bits per heavy atom. The van der Waals surface area contributed by atoms with E-state index < -0.39 is 11.9 Å². The van der Waals surface area contributed by atoms with Crippen LogP contribution in [-0.4, -0.2) is 31.7 Å². The number of nitrogens with zero attached hydrogens (tertiary/aromatic N) is 1. The van der Waals surface area contributed by atoms with Gasteiger partial charge in [0.15, 0.2) is 18.1 Å². The van der Waals surface area contributed by atoms with Gasteiger partial charge in [-0.05, 0) is 49.8 Å². The summed E-state index contributed by atoms with van der Waals surface area (Å²) in [5, 5.41) is 12.3. The second kappa shape index (κ2) is 10.9. The van der Waals surface area contributed by atoms with E-state index >= 15 is 0 Å². The first-order chi connectivity index (χ1) is 14.3. The van der Waals surface area contributed by atoms with Crippen molar-refractivity contribution >= 4 is 35.2 Å². The van der Waals surface area contributed by atoms with Crippen LogP contribution in [0.5, 0.6) is 11.5 Å². The Morgan fingerprint density at radius 3 is 2.57 bits per heavy atom. The van der Waals surface area contributed by atoms with Crippen LogP contribution in [0.25, 0.3) is 6.08 Å². The van der Waals surface area contributed by atoms with Gasteiger partial charge in [-0.1, -0.05) is 29.8 Å². The number of halogens is 1. The van der Waals surface area contributed by atoms with Crippen LogP contribution >= 0.6 is 11.6 Å². The van der Waals surface area contributed by atoms with Gasteiger partial charge in [-0.15, -0.1) is 0 Å². The maximum atomic E-state index is 12.1. The van der Waals surface area contributed by atoms with Crippen molar-refractivity contribution in [1.29, 1.82) is 5.26 Å². The van der Waals surface area contributed by atoms with E-state index in [2.05, 4.69) is 5.32 Å². The number of nitrogens with one attached hydrogen (secondary N) is 1. The van der Waals surface area contributed by atoms with Gasteiger partial charge in [0.25, 0.3) is 5.91 Å². The lowest BCUT2D eigenvalue weighted by molar-refractivity contribution is -0.142. The SMILES string of the molecule is COc1cc(/C=C(\C#N)C(=O)OC(C)C)ccc1OCC(=O)Nc1ccccc1Cl. The number of benzene rings is 2. The number of carbonyl (C=O) groups is 2. The van der Waals surface area contributed by atoms with E-state index in [1.165, 1.54) is 13.2 Å². The van der Waals surface area contributed by atoms with E-state index in [-0.39, 0.29) is 18.3 Å². The quantitative estimate of drug-likeness (QED) is 0.384. The topological polar surface area (TPSA) is 97.7 Å². The molecule has 0 aliphatic rings. The van der Waals surface area contributed by atoms with E-state index in [0.29, 0.717) is 27.8 Å². The third-order valence-corrected chi connectivity index (χ3v) is 4.02. The Kier molecular flexibility index (Phi) is 8.27.